The number of guanidine groups is 1. The monoisotopic (exact) mass is 356 g/mol. The number of methoxy groups -OCH3 is 2. The van der Waals surface area contributed by atoms with Crippen molar-refractivity contribution >= 4 is 5.96 Å². The Bertz CT molecular complexity index is 729. The van der Waals surface area contributed by atoms with E-state index >= 15 is 0 Å². The molecule has 0 saturated carbocycles. The van der Waals surface area contributed by atoms with Crippen LogP contribution in [0.25, 0.3) is 0 Å². The molecule has 0 aliphatic rings. The Morgan fingerprint density at radius 1 is 1.19 bits per heavy atom. The molecule has 0 radical (unpaired) electrons. The molecule has 2 rings (SSSR count). The Balaban J connectivity index is 1.94. The molecule has 0 fully saturated rings. The van der Waals surface area contributed by atoms with E-state index < -0.39 is 0 Å². The van der Waals surface area contributed by atoms with Crippen LogP contribution < -0.4 is 14.8 Å². The number of nitrogens with zero attached hydrogens (tertiary/aromatic N) is 3. The third-order valence-electron chi connectivity index (χ3n) is 4.14. The molecule has 140 valence electrons. The van der Waals surface area contributed by atoms with Gasteiger partial charge in [-0.15, -0.1) is 0 Å². The van der Waals surface area contributed by atoms with Crippen molar-refractivity contribution in [2.45, 2.75) is 19.9 Å². The van der Waals surface area contributed by atoms with E-state index in [9.17, 15) is 0 Å². The minimum absolute atomic E-state index is 0.679. The Morgan fingerprint density at radius 2 is 2.00 bits per heavy atom. The molecule has 0 aliphatic carbocycles. The number of pyridine rings is 1. The maximum Gasteiger partial charge on any atom is 0.193 e. The lowest BCUT2D eigenvalue weighted by Crippen LogP contribution is -2.39. The zero-order valence-electron chi connectivity index (χ0n) is 16.2. The van der Waals surface area contributed by atoms with Gasteiger partial charge in [-0.3, -0.25) is 9.98 Å². The Morgan fingerprint density at radius 3 is 2.62 bits per heavy atom. The average molecular weight is 356 g/mol. The van der Waals surface area contributed by atoms with Crippen molar-refractivity contribution in [1.29, 1.82) is 0 Å². The number of aromatic nitrogens is 1. The highest BCUT2D eigenvalue weighted by Gasteiger charge is 2.11. The average Bonchev–Trinajstić information content (AvgIpc) is 2.66. The molecule has 1 heterocycles. The zero-order chi connectivity index (χ0) is 18.9. The van der Waals surface area contributed by atoms with Crippen molar-refractivity contribution in [2.75, 3.05) is 34.9 Å². The summed E-state index contributed by atoms with van der Waals surface area (Å²) in [5.41, 5.74) is 3.31. The predicted molar refractivity (Wildman–Crippen MR) is 105 cm³/mol. The Hall–Kier alpha value is -2.76. The molecule has 0 spiro atoms. The predicted octanol–water partition coefficient (Wildman–Crippen LogP) is 2.66. The van der Waals surface area contributed by atoms with E-state index in [1.807, 2.05) is 44.4 Å². The second kappa shape index (κ2) is 9.65. The summed E-state index contributed by atoms with van der Waals surface area (Å²) >= 11 is 0. The molecule has 0 atom stereocenters. The van der Waals surface area contributed by atoms with Crippen molar-refractivity contribution in [1.82, 2.24) is 15.2 Å². The first-order valence-electron chi connectivity index (χ1n) is 8.61. The van der Waals surface area contributed by atoms with Crippen LogP contribution in [0.2, 0.25) is 0 Å². The van der Waals surface area contributed by atoms with Gasteiger partial charge in [0, 0.05) is 50.7 Å². The number of ether oxygens (including phenoxy) is 2. The highest BCUT2D eigenvalue weighted by molar-refractivity contribution is 5.79. The molecule has 6 heteroatoms. The summed E-state index contributed by atoms with van der Waals surface area (Å²) in [5, 5.41) is 3.40. The summed E-state index contributed by atoms with van der Waals surface area (Å²) in [6, 6.07) is 9.99. The van der Waals surface area contributed by atoms with Crippen LogP contribution in [0, 0.1) is 6.92 Å². The normalized spacial score (nSPS) is 11.2. The molecular formula is C20H28N4O2. The fraction of sp³-hybridized carbons (Fsp3) is 0.400. The first-order chi connectivity index (χ1) is 12.6. The molecule has 0 bridgehead atoms. The largest absolute Gasteiger partial charge is 0.497 e. The van der Waals surface area contributed by atoms with Crippen molar-refractivity contribution in [3.8, 4) is 11.5 Å². The standard InChI is InChI=1S/C20H28N4O2/c1-15-6-7-16(13-23-15)10-11-22-20(21-2)24(3)14-17-8-9-18(25-4)12-19(17)26-5/h6-9,12-13H,10-11,14H2,1-5H3,(H,21,22). The van der Waals surface area contributed by atoms with Gasteiger partial charge >= 0.3 is 0 Å². The van der Waals surface area contributed by atoms with Crippen LogP contribution in [0.5, 0.6) is 11.5 Å². The number of benzene rings is 1. The molecule has 0 aliphatic heterocycles. The van der Waals surface area contributed by atoms with E-state index in [1.54, 1.807) is 21.3 Å². The van der Waals surface area contributed by atoms with Crippen molar-refractivity contribution in [3.05, 3.63) is 53.3 Å². The molecule has 0 amide bonds. The van der Waals surface area contributed by atoms with Crippen LogP contribution in [0.1, 0.15) is 16.8 Å². The van der Waals surface area contributed by atoms with Gasteiger partial charge in [0.15, 0.2) is 5.96 Å². The summed E-state index contributed by atoms with van der Waals surface area (Å²) in [6.07, 6.45) is 2.82. The number of nitrogens with one attached hydrogen (secondary N) is 1. The van der Waals surface area contributed by atoms with Gasteiger partial charge in [-0.2, -0.15) is 0 Å². The first kappa shape index (κ1) is 19.6. The van der Waals surface area contributed by atoms with Gasteiger partial charge in [0.05, 0.1) is 14.2 Å². The quantitative estimate of drug-likeness (QED) is 0.610. The third-order valence-corrected chi connectivity index (χ3v) is 4.14. The fourth-order valence-corrected chi connectivity index (χ4v) is 2.66. The summed E-state index contributed by atoms with van der Waals surface area (Å²) in [6.45, 7) is 3.46. The van der Waals surface area contributed by atoms with Crippen LogP contribution >= 0.6 is 0 Å². The molecule has 2 aromatic rings. The van der Waals surface area contributed by atoms with Crippen LogP contribution in [-0.2, 0) is 13.0 Å². The lowest BCUT2D eigenvalue weighted by Gasteiger charge is -2.23. The molecule has 26 heavy (non-hydrogen) atoms. The van der Waals surface area contributed by atoms with Gasteiger partial charge in [0.1, 0.15) is 11.5 Å². The van der Waals surface area contributed by atoms with E-state index in [1.165, 1.54) is 5.56 Å². The molecule has 1 N–H and O–H groups in total. The van der Waals surface area contributed by atoms with Crippen molar-refractivity contribution in [3.63, 3.8) is 0 Å². The second-order valence-corrected chi connectivity index (χ2v) is 6.07. The van der Waals surface area contributed by atoms with Gasteiger partial charge in [-0.25, -0.2) is 0 Å². The maximum absolute atomic E-state index is 5.48. The molecule has 6 nitrogen and oxygen atoms in total. The number of hydrogen-bond acceptors (Lipinski definition) is 4. The maximum atomic E-state index is 5.48. The van der Waals surface area contributed by atoms with Crippen LogP contribution in [-0.4, -0.2) is 50.7 Å². The van der Waals surface area contributed by atoms with Gasteiger partial charge in [0.2, 0.25) is 0 Å². The minimum Gasteiger partial charge on any atom is -0.497 e. The summed E-state index contributed by atoms with van der Waals surface area (Å²) in [4.78, 5) is 10.8. The Labute approximate surface area is 155 Å². The summed E-state index contributed by atoms with van der Waals surface area (Å²) < 4.78 is 10.7. The van der Waals surface area contributed by atoms with Gasteiger partial charge in [-0.1, -0.05) is 6.07 Å². The summed E-state index contributed by atoms with van der Waals surface area (Å²) in [5.74, 6) is 2.42. The van der Waals surface area contributed by atoms with Crippen LogP contribution in [0.15, 0.2) is 41.5 Å². The molecule has 1 aromatic heterocycles. The zero-order valence-corrected chi connectivity index (χ0v) is 16.2. The van der Waals surface area contributed by atoms with Gasteiger partial charge < -0.3 is 19.7 Å². The number of hydrogen-bond donors (Lipinski definition) is 1. The smallest absolute Gasteiger partial charge is 0.193 e. The lowest BCUT2D eigenvalue weighted by molar-refractivity contribution is 0.382. The lowest BCUT2D eigenvalue weighted by atomic mass is 10.2. The minimum atomic E-state index is 0.679. The van der Waals surface area contributed by atoms with Crippen LogP contribution in [0.4, 0.5) is 0 Å². The fourth-order valence-electron chi connectivity index (χ4n) is 2.66. The van der Waals surface area contributed by atoms with E-state index in [0.29, 0.717) is 6.54 Å². The topological polar surface area (TPSA) is 59.0 Å². The van der Waals surface area contributed by atoms with Crippen molar-refractivity contribution in [2.24, 2.45) is 4.99 Å². The number of rotatable bonds is 7. The van der Waals surface area contributed by atoms with Gasteiger partial charge in [-0.05, 0) is 37.1 Å². The third kappa shape index (κ3) is 5.37. The van der Waals surface area contributed by atoms with E-state index in [0.717, 1.165) is 41.7 Å². The molecule has 0 saturated heterocycles. The Kier molecular flexibility index (Phi) is 7.26. The van der Waals surface area contributed by atoms with E-state index in [-0.39, 0.29) is 0 Å². The summed E-state index contributed by atoms with van der Waals surface area (Å²) in [7, 11) is 7.11. The molecule has 0 unspecified atom stereocenters. The number of aryl methyl sites for hydroxylation is 1. The van der Waals surface area contributed by atoms with Crippen molar-refractivity contribution < 1.29 is 9.47 Å². The molecular weight excluding hydrogens is 328 g/mol. The highest BCUT2D eigenvalue weighted by atomic mass is 16.5. The number of aliphatic imine (C=N–C) groups is 1. The SMILES string of the molecule is CN=C(NCCc1ccc(C)nc1)N(C)Cc1ccc(OC)cc1OC. The highest BCUT2D eigenvalue weighted by Crippen LogP contribution is 2.25. The van der Waals surface area contributed by atoms with E-state index in [2.05, 4.69) is 26.3 Å². The van der Waals surface area contributed by atoms with Gasteiger partial charge in [0.25, 0.3) is 0 Å². The van der Waals surface area contributed by atoms with Crippen LogP contribution in [0.3, 0.4) is 0 Å². The first-order valence-corrected chi connectivity index (χ1v) is 8.61. The van der Waals surface area contributed by atoms with E-state index in [4.69, 9.17) is 9.47 Å². The second-order valence-electron chi connectivity index (χ2n) is 6.07. The molecule has 1 aromatic carbocycles.